The van der Waals surface area contributed by atoms with E-state index in [1.54, 1.807) is 8.92 Å². The normalized spacial score (nSPS) is 18.2. The van der Waals surface area contributed by atoms with E-state index in [9.17, 15) is 0 Å². The first-order valence-corrected chi connectivity index (χ1v) is 14.2. The van der Waals surface area contributed by atoms with Gasteiger partial charge in [-0.1, -0.05) is 0 Å². The van der Waals surface area contributed by atoms with Gasteiger partial charge in [0, 0.05) is 0 Å². The van der Waals surface area contributed by atoms with Gasteiger partial charge in [-0.25, -0.2) is 0 Å². The summed E-state index contributed by atoms with van der Waals surface area (Å²) in [5, 5.41) is 0. The summed E-state index contributed by atoms with van der Waals surface area (Å²) in [5.74, 6) is 0.966. The van der Waals surface area contributed by atoms with Crippen LogP contribution in [0.15, 0.2) is 60.7 Å². The molecule has 2 aromatic rings. The van der Waals surface area contributed by atoms with Crippen molar-refractivity contribution < 1.29 is 0 Å². The quantitative estimate of drug-likeness (QED) is 0.263. The maximum atomic E-state index is 2.37. The molecule has 0 nitrogen and oxygen atoms in total. The summed E-state index contributed by atoms with van der Waals surface area (Å²) >= 11 is 1.21. The van der Waals surface area contributed by atoms with Crippen molar-refractivity contribution in [2.24, 2.45) is 5.92 Å². The molecule has 0 amide bonds. The van der Waals surface area contributed by atoms with Gasteiger partial charge in [0.1, 0.15) is 0 Å². The van der Waals surface area contributed by atoms with Crippen molar-refractivity contribution in [3.05, 3.63) is 60.7 Å². The van der Waals surface area contributed by atoms with Gasteiger partial charge in [0.25, 0.3) is 0 Å². The van der Waals surface area contributed by atoms with Crippen molar-refractivity contribution >= 4 is 38.8 Å². The zero-order valence-corrected chi connectivity index (χ0v) is 20.2. The minimum absolute atomic E-state index is 0.605. The molecule has 0 aliphatic heterocycles. The summed E-state index contributed by atoms with van der Waals surface area (Å²) in [5.41, 5.74) is 0. The fourth-order valence-electron chi connectivity index (χ4n) is 3.96. The van der Waals surface area contributed by atoms with E-state index in [2.05, 4.69) is 67.6 Å². The number of unbranched alkanes of at least 4 members (excludes halogenated alkanes) is 6. The number of benzene rings is 2. The molecule has 1 fully saturated rings. The van der Waals surface area contributed by atoms with Crippen LogP contribution in [0.2, 0.25) is 3.21 Å². The molecule has 0 N–H and O–H groups in total. The first kappa shape index (κ1) is 21.2. The van der Waals surface area contributed by atoms with Gasteiger partial charge in [-0.2, -0.15) is 0 Å². The molecule has 1 atom stereocenters. The average Bonchev–Trinajstić information content (AvgIpc) is 2.70. The first-order chi connectivity index (χ1) is 13.3. The van der Waals surface area contributed by atoms with Crippen molar-refractivity contribution in [3.8, 4) is 0 Å². The zero-order valence-electron chi connectivity index (χ0n) is 16.7. The van der Waals surface area contributed by atoms with Crippen LogP contribution in [0.25, 0.3) is 0 Å². The van der Waals surface area contributed by atoms with E-state index in [0.29, 0.717) is 33.1 Å². The van der Waals surface area contributed by atoms with E-state index < -0.39 is 0 Å². The Hall–Kier alpha value is -0.521. The van der Waals surface area contributed by atoms with Gasteiger partial charge in [-0.3, -0.25) is 0 Å². The van der Waals surface area contributed by atoms with Crippen LogP contribution in [-0.2, 0) is 0 Å². The predicted molar refractivity (Wildman–Crippen MR) is 122 cm³/mol. The summed E-state index contributed by atoms with van der Waals surface area (Å²) in [6.07, 6.45) is 14.4. The van der Waals surface area contributed by atoms with Gasteiger partial charge in [0.2, 0.25) is 0 Å². The van der Waals surface area contributed by atoms with Crippen LogP contribution in [0.3, 0.4) is 0 Å². The van der Waals surface area contributed by atoms with Crippen LogP contribution in [0.1, 0.15) is 71.1 Å². The molecule has 0 saturated heterocycles. The van der Waals surface area contributed by atoms with E-state index in [1.807, 2.05) is 0 Å². The Balaban J connectivity index is 1.56. The van der Waals surface area contributed by atoms with Crippen LogP contribution in [0.5, 0.6) is 0 Å². The second-order valence-electron chi connectivity index (χ2n) is 7.79. The summed E-state index contributed by atoms with van der Waals surface area (Å²) in [7, 11) is 0. The molecule has 1 unspecified atom stereocenters. The van der Waals surface area contributed by atoms with E-state index in [-0.39, 0.29) is 0 Å². The second-order valence-corrected chi connectivity index (χ2v) is 15.0. The maximum absolute atomic E-state index is 2.37. The van der Waals surface area contributed by atoms with Crippen LogP contribution >= 0.6 is 0 Å². The Labute approximate surface area is 179 Å². The fourth-order valence-corrected chi connectivity index (χ4v) is 12.1. The summed E-state index contributed by atoms with van der Waals surface area (Å²) in [6.45, 7) is 2.30. The van der Waals surface area contributed by atoms with Crippen LogP contribution in [0.4, 0.5) is 0 Å². The molecule has 146 valence electrons. The third-order valence-electron chi connectivity index (χ3n) is 5.69. The average molecular weight is 492 g/mol. The van der Waals surface area contributed by atoms with E-state index in [0.717, 1.165) is 5.92 Å². The van der Waals surface area contributed by atoms with Crippen LogP contribution in [-0.4, -0.2) is 29.9 Å². The van der Waals surface area contributed by atoms with Gasteiger partial charge >= 0.3 is 180 Å². The van der Waals surface area contributed by atoms with Crippen molar-refractivity contribution in [2.45, 2.75) is 74.3 Å². The molecular formula is C25H34Se2. The van der Waals surface area contributed by atoms with Crippen molar-refractivity contribution in [3.63, 3.8) is 0 Å². The van der Waals surface area contributed by atoms with Crippen LogP contribution < -0.4 is 8.92 Å². The molecule has 2 heteroatoms. The predicted octanol–water partition coefficient (Wildman–Crippen LogP) is 5.71. The first-order valence-electron chi connectivity index (χ1n) is 10.8. The number of hydrogen-bond donors (Lipinski definition) is 0. The number of hydrogen-bond acceptors (Lipinski definition) is 0. The van der Waals surface area contributed by atoms with Crippen molar-refractivity contribution in [1.82, 2.24) is 0 Å². The van der Waals surface area contributed by atoms with Gasteiger partial charge in [0.05, 0.1) is 0 Å². The summed E-state index contributed by atoms with van der Waals surface area (Å²) in [6, 6.07) is 22.7. The van der Waals surface area contributed by atoms with E-state index in [4.69, 9.17) is 0 Å². The molecule has 0 bridgehead atoms. The standard InChI is InChI=1S/C25H34Se2/c1-2-3-4-5-6-7-10-15-22-20-21-25(22,26-23-16-11-8-12-17-23)27-24-18-13-9-14-19-24/h8-9,11-14,16-19,22H,2-7,10,15,20-21H2,1H3. The molecule has 0 spiro atoms. The van der Waals surface area contributed by atoms with E-state index in [1.165, 1.54) is 64.2 Å². The zero-order chi connectivity index (χ0) is 18.8. The second kappa shape index (κ2) is 11.5. The number of rotatable bonds is 12. The topological polar surface area (TPSA) is 0 Å². The van der Waals surface area contributed by atoms with E-state index >= 15 is 0 Å². The van der Waals surface area contributed by atoms with Crippen molar-refractivity contribution in [2.75, 3.05) is 0 Å². The van der Waals surface area contributed by atoms with Crippen LogP contribution in [0, 0.1) is 5.92 Å². The molecular weight excluding hydrogens is 458 g/mol. The van der Waals surface area contributed by atoms with Gasteiger partial charge in [0.15, 0.2) is 0 Å². The van der Waals surface area contributed by atoms with Crippen molar-refractivity contribution in [1.29, 1.82) is 0 Å². The Morgan fingerprint density at radius 3 is 1.74 bits per heavy atom. The SMILES string of the molecule is CCCCCCCCCC1CCC1([Se]c1ccccc1)[Se]c1ccccc1. The third kappa shape index (κ3) is 6.50. The summed E-state index contributed by atoms with van der Waals surface area (Å²) in [4.78, 5) is 0. The Morgan fingerprint density at radius 2 is 1.26 bits per heavy atom. The fraction of sp³-hybridized carbons (Fsp3) is 0.520. The minimum atomic E-state index is 0.605. The Morgan fingerprint density at radius 1 is 0.741 bits per heavy atom. The van der Waals surface area contributed by atoms with Gasteiger partial charge in [-0.15, -0.1) is 0 Å². The molecule has 0 heterocycles. The van der Waals surface area contributed by atoms with Gasteiger partial charge < -0.3 is 0 Å². The molecule has 0 aromatic heterocycles. The molecule has 0 radical (unpaired) electrons. The molecule has 1 saturated carbocycles. The summed E-state index contributed by atoms with van der Waals surface area (Å²) < 4.78 is 3.82. The molecule has 2 aromatic carbocycles. The Bertz CT molecular complexity index is 596. The molecule has 27 heavy (non-hydrogen) atoms. The Kier molecular flexibility index (Phi) is 9.01. The molecule has 1 aliphatic rings. The monoisotopic (exact) mass is 494 g/mol. The molecule has 1 aliphatic carbocycles. The molecule has 3 rings (SSSR count). The third-order valence-corrected chi connectivity index (χ3v) is 13.3. The van der Waals surface area contributed by atoms with Gasteiger partial charge in [-0.05, 0) is 0 Å².